The van der Waals surface area contributed by atoms with Crippen LogP contribution >= 0.6 is 0 Å². The molecule has 1 unspecified atom stereocenters. The highest BCUT2D eigenvalue weighted by Gasteiger charge is 2.24. The molecule has 6 nitrogen and oxygen atoms in total. The molecule has 1 atom stereocenters. The summed E-state index contributed by atoms with van der Waals surface area (Å²) in [5.74, 6) is 1.27. The molecule has 33 heavy (non-hydrogen) atoms. The topological polar surface area (TPSA) is 60.2 Å². The normalized spacial score (nSPS) is 16.6. The van der Waals surface area contributed by atoms with Crippen molar-refractivity contribution < 1.29 is 9.53 Å². The standard InChI is InChI=1S/C27H28N4O2/c1-20-29-10-11-30(20)17-21-4-2-6-24(14-21)27(32)31-12-13-33-19-22(18-31)15-23-5-3-7-25-16-28-9-8-26(23)25/h2-11,14,16,22H,12-13,15,17-19H2,1H3. The number of benzene rings is 2. The van der Waals surface area contributed by atoms with Crippen LogP contribution in [-0.4, -0.2) is 51.6 Å². The smallest absolute Gasteiger partial charge is 0.253 e. The van der Waals surface area contributed by atoms with Crippen molar-refractivity contribution in [2.45, 2.75) is 19.9 Å². The molecule has 5 rings (SSSR count). The third kappa shape index (κ3) is 4.81. The molecule has 0 N–H and O–H groups in total. The van der Waals surface area contributed by atoms with Gasteiger partial charge in [0.1, 0.15) is 5.82 Å². The molecule has 0 aliphatic carbocycles. The molecule has 2 aromatic carbocycles. The summed E-state index contributed by atoms with van der Waals surface area (Å²) in [7, 11) is 0. The molecule has 0 radical (unpaired) electrons. The molecular formula is C27H28N4O2. The van der Waals surface area contributed by atoms with E-state index in [4.69, 9.17) is 4.74 Å². The molecule has 1 aliphatic heterocycles. The number of nitrogens with zero attached hydrogens (tertiary/aromatic N) is 4. The van der Waals surface area contributed by atoms with Gasteiger partial charge < -0.3 is 14.2 Å². The van der Waals surface area contributed by atoms with E-state index < -0.39 is 0 Å². The number of rotatable bonds is 5. The monoisotopic (exact) mass is 440 g/mol. The number of hydrogen-bond acceptors (Lipinski definition) is 4. The zero-order valence-electron chi connectivity index (χ0n) is 18.9. The average molecular weight is 441 g/mol. The van der Waals surface area contributed by atoms with Crippen LogP contribution in [0.15, 0.2) is 73.3 Å². The van der Waals surface area contributed by atoms with Gasteiger partial charge in [-0.25, -0.2) is 4.98 Å². The lowest BCUT2D eigenvalue weighted by Gasteiger charge is -2.24. The predicted octanol–water partition coefficient (Wildman–Crippen LogP) is 4.12. The molecular weight excluding hydrogens is 412 g/mol. The Bertz CT molecular complexity index is 1260. The summed E-state index contributed by atoms with van der Waals surface area (Å²) < 4.78 is 7.98. The van der Waals surface area contributed by atoms with Gasteiger partial charge in [-0.1, -0.05) is 30.3 Å². The van der Waals surface area contributed by atoms with Crippen molar-refractivity contribution in [2.75, 3.05) is 26.3 Å². The largest absolute Gasteiger partial charge is 0.379 e. The number of aryl methyl sites for hydroxylation is 1. The number of amides is 1. The molecule has 4 aromatic rings. The van der Waals surface area contributed by atoms with Crippen molar-refractivity contribution in [1.29, 1.82) is 0 Å². The minimum absolute atomic E-state index is 0.0665. The number of hydrogen-bond donors (Lipinski definition) is 0. The first-order valence-electron chi connectivity index (χ1n) is 11.4. The van der Waals surface area contributed by atoms with Crippen molar-refractivity contribution in [3.8, 4) is 0 Å². The summed E-state index contributed by atoms with van der Waals surface area (Å²) in [5, 5.41) is 2.36. The van der Waals surface area contributed by atoms with Crippen LogP contribution < -0.4 is 0 Å². The number of fused-ring (bicyclic) bond motifs is 1. The Morgan fingerprint density at radius 1 is 1.15 bits per heavy atom. The molecule has 1 fully saturated rings. The Kier molecular flexibility index (Phi) is 6.17. The van der Waals surface area contributed by atoms with E-state index in [1.54, 1.807) is 6.20 Å². The quantitative estimate of drug-likeness (QED) is 0.468. The maximum atomic E-state index is 13.4. The number of imidazole rings is 1. The molecule has 1 saturated heterocycles. The highest BCUT2D eigenvalue weighted by Crippen LogP contribution is 2.23. The Morgan fingerprint density at radius 2 is 2.06 bits per heavy atom. The molecule has 0 saturated carbocycles. The van der Waals surface area contributed by atoms with Crippen LogP contribution in [0.4, 0.5) is 0 Å². The average Bonchev–Trinajstić information content (AvgIpc) is 3.10. The van der Waals surface area contributed by atoms with Crippen LogP contribution in [0.3, 0.4) is 0 Å². The minimum Gasteiger partial charge on any atom is -0.379 e. The zero-order valence-corrected chi connectivity index (χ0v) is 18.9. The van der Waals surface area contributed by atoms with E-state index in [1.807, 2.05) is 48.6 Å². The fraction of sp³-hybridized carbons (Fsp3) is 0.296. The van der Waals surface area contributed by atoms with E-state index in [-0.39, 0.29) is 11.8 Å². The van der Waals surface area contributed by atoms with Gasteiger partial charge >= 0.3 is 0 Å². The van der Waals surface area contributed by atoms with Crippen molar-refractivity contribution in [2.24, 2.45) is 5.92 Å². The summed E-state index contributed by atoms with van der Waals surface area (Å²) in [5.41, 5.74) is 3.09. The van der Waals surface area contributed by atoms with Crippen LogP contribution in [0.5, 0.6) is 0 Å². The van der Waals surface area contributed by atoms with Gasteiger partial charge in [-0.3, -0.25) is 9.78 Å². The molecule has 0 bridgehead atoms. The van der Waals surface area contributed by atoms with Gasteiger partial charge in [0.15, 0.2) is 0 Å². The minimum atomic E-state index is 0.0665. The van der Waals surface area contributed by atoms with Gasteiger partial charge in [0.25, 0.3) is 5.91 Å². The van der Waals surface area contributed by atoms with E-state index >= 15 is 0 Å². The van der Waals surface area contributed by atoms with Crippen molar-refractivity contribution >= 4 is 16.7 Å². The Morgan fingerprint density at radius 3 is 2.94 bits per heavy atom. The van der Waals surface area contributed by atoms with E-state index in [9.17, 15) is 4.79 Å². The molecule has 2 aromatic heterocycles. The summed E-state index contributed by atoms with van der Waals surface area (Å²) in [6.45, 7) is 5.21. The summed E-state index contributed by atoms with van der Waals surface area (Å²) in [6, 6.07) is 16.3. The highest BCUT2D eigenvalue weighted by molar-refractivity contribution is 5.94. The summed E-state index contributed by atoms with van der Waals surface area (Å²) in [6.07, 6.45) is 8.36. The second kappa shape index (κ2) is 9.55. The van der Waals surface area contributed by atoms with Gasteiger partial charge in [0.05, 0.1) is 13.2 Å². The maximum Gasteiger partial charge on any atom is 0.253 e. The molecule has 0 spiro atoms. The van der Waals surface area contributed by atoms with Crippen LogP contribution in [0.25, 0.3) is 10.8 Å². The highest BCUT2D eigenvalue weighted by atomic mass is 16.5. The third-order valence-corrected chi connectivity index (χ3v) is 6.36. The van der Waals surface area contributed by atoms with Gasteiger partial charge in [-0.2, -0.15) is 0 Å². The molecule has 1 amide bonds. The van der Waals surface area contributed by atoms with E-state index in [1.165, 1.54) is 10.9 Å². The fourth-order valence-electron chi connectivity index (χ4n) is 4.62. The Hall–Kier alpha value is -3.51. The molecule has 3 heterocycles. The third-order valence-electron chi connectivity index (χ3n) is 6.36. The second-order valence-corrected chi connectivity index (χ2v) is 8.71. The van der Waals surface area contributed by atoms with E-state index in [2.05, 4.69) is 44.9 Å². The number of aromatic nitrogens is 3. The summed E-state index contributed by atoms with van der Waals surface area (Å²) >= 11 is 0. The Labute approximate surface area is 193 Å². The summed E-state index contributed by atoms with van der Waals surface area (Å²) in [4.78, 5) is 23.9. The Balaban J connectivity index is 1.32. The number of carbonyl (C=O) groups is 1. The van der Waals surface area contributed by atoms with Gasteiger partial charge in [0.2, 0.25) is 0 Å². The number of ether oxygens (including phenoxy) is 1. The van der Waals surface area contributed by atoms with Crippen molar-refractivity contribution in [1.82, 2.24) is 19.4 Å². The SMILES string of the molecule is Cc1nccn1Cc1cccc(C(=O)N2CCOCC(Cc3cccc4cnccc34)C2)c1. The first kappa shape index (κ1) is 21.3. The van der Waals surface area contributed by atoms with Gasteiger partial charge in [-0.15, -0.1) is 0 Å². The van der Waals surface area contributed by atoms with Gasteiger partial charge in [0, 0.05) is 61.3 Å². The first-order valence-corrected chi connectivity index (χ1v) is 11.4. The van der Waals surface area contributed by atoms with Crippen LogP contribution in [0.2, 0.25) is 0 Å². The van der Waals surface area contributed by atoms with E-state index in [0.29, 0.717) is 32.8 Å². The lowest BCUT2D eigenvalue weighted by Crippen LogP contribution is -2.36. The fourth-order valence-corrected chi connectivity index (χ4v) is 4.62. The van der Waals surface area contributed by atoms with Crippen molar-refractivity contribution in [3.63, 3.8) is 0 Å². The first-order chi connectivity index (χ1) is 16.2. The molecule has 1 aliphatic rings. The molecule has 6 heteroatoms. The van der Waals surface area contributed by atoms with Gasteiger partial charge in [-0.05, 0) is 48.1 Å². The van der Waals surface area contributed by atoms with Crippen LogP contribution in [0.1, 0.15) is 27.3 Å². The molecule has 168 valence electrons. The zero-order chi connectivity index (χ0) is 22.6. The van der Waals surface area contributed by atoms with Crippen LogP contribution in [0, 0.1) is 12.8 Å². The van der Waals surface area contributed by atoms with Crippen LogP contribution in [-0.2, 0) is 17.7 Å². The van der Waals surface area contributed by atoms with Crippen molar-refractivity contribution in [3.05, 3.63) is 95.8 Å². The lowest BCUT2D eigenvalue weighted by atomic mass is 9.95. The maximum absolute atomic E-state index is 13.4. The second-order valence-electron chi connectivity index (χ2n) is 8.71. The number of pyridine rings is 1. The lowest BCUT2D eigenvalue weighted by molar-refractivity contribution is 0.0737. The van der Waals surface area contributed by atoms with E-state index in [0.717, 1.165) is 28.8 Å². The number of carbonyl (C=O) groups excluding carboxylic acids is 1. The predicted molar refractivity (Wildman–Crippen MR) is 128 cm³/mol.